The molecule has 518 valence electrons. The minimum absolute atomic E-state index is 0.00212. The molecule has 2 saturated carbocycles. The van der Waals surface area contributed by atoms with Crippen molar-refractivity contribution in [2.75, 3.05) is 58.9 Å². The summed E-state index contributed by atoms with van der Waals surface area (Å²) < 4.78 is 29.8. The number of esters is 3. The molecule has 0 aromatic heterocycles. The molecule has 2 aromatic carbocycles. The summed E-state index contributed by atoms with van der Waals surface area (Å²) in [6.07, 6.45) is 6.47. The number of nitrogens with zero attached hydrogens (tertiary/aromatic N) is 3. The Morgan fingerprint density at radius 1 is 0.713 bits per heavy atom. The molecule has 5 fully saturated rings. The number of hydrogen-bond acceptors (Lipinski definition) is 18. The van der Waals surface area contributed by atoms with Crippen molar-refractivity contribution in [1.82, 2.24) is 36.0 Å². The predicted octanol–water partition coefficient (Wildman–Crippen LogP) is 4.67. The van der Waals surface area contributed by atoms with Crippen LogP contribution < -0.4 is 21.3 Å². The van der Waals surface area contributed by atoms with Crippen LogP contribution in [0, 0.1) is 17.8 Å². The number of ketones is 1. The minimum Gasteiger partial charge on any atom is -0.462 e. The van der Waals surface area contributed by atoms with Crippen molar-refractivity contribution in [2.24, 2.45) is 17.8 Å². The Balaban J connectivity index is 1.07. The predicted molar refractivity (Wildman–Crippen MR) is 348 cm³/mol. The number of likely N-dealkylation sites (N-methyl/N-ethyl adjacent to an activating group) is 2. The number of ether oxygens (including phenoxy) is 5. The van der Waals surface area contributed by atoms with Crippen molar-refractivity contribution >= 4 is 76.8 Å². The van der Waals surface area contributed by atoms with E-state index in [2.05, 4.69) is 21.3 Å². The van der Waals surface area contributed by atoms with Gasteiger partial charge in [-0.1, -0.05) is 87.4 Å². The van der Waals surface area contributed by atoms with Gasteiger partial charge in [0, 0.05) is 59.6 Å². The monoisotopic (exact) mass is 1330 g/mol. The molecule has 2 bridgehead atoms. The third-order valence-corrected chi connectivity index (χ3v) is 19.9. The number of carbonyl (C=O) groups is 11. The van der Waals surface area contributed by atoms with E-state index >= 15 is 0 Å². The summed E-state index contributed by atoms with van der Waals surface area (Å²) in [6, 6.07) is 13.3. The highest BCUT2D eigenvalue weighted by Gasteiger charge is 2.53. The van der Waals surface area contributed by atoms with Crippen LogP contribution in [0.4, 0.5) is 0 Å². The van der Waals surface area contributed by atoms with Crippen molar-refractivity contribution in [1.29, 1.82) is 0 Å². The first-order chi connectivity index (χ1) is 45.0. The SMILES string of the molecule is CO[C@@H]1C[C@H](C[C@@H](C)[C@@H]2CC(=O)NCCNC(=O)CN(C)C(=O)[C@H](Cc3ccccc3)NC(=O)[C@H](Cc3ccccc3)N(C)C(=O)[C@H](C)NC(=O)CSCC[C@@H]3CC[C@@H](C)[C@@](O)(O3)C(=O)C(=O)N3CCCC[C@H]3C(=O)O2)CC[C@H]1OC(=O)CCC(=O)OC1CCCCCC1. The number of methoxy groups -OCH3 is 1. The van der Waals surface area contributed by atoms with Gasteiger partial charge in [0.25, 0.3) is 11.7 Å². The summed E-state index contributed by atoms with van der Waals surface area (Å²) in [5.41, 5.74) is 1.43. The van der Waals surface area contributed by atoms with Crippen molar-refractivity contribution < 1.29 is 81.5 Å². The maximum atomic E-state index is 14.6. The molecule has 7 amide bonds. The number of Topliss-reactive ketones (excluding diaryl/α,β-unsaturated/α-hetero) is 1. The normalized spacial score (nSPS) is 29.3. The van der Waals surface area contributed by atoms with Crippen molar-refractivity contribution in [3.05, 3.63) is 71.8 Å². The van der Waals surface area contributed by atoms with E-state index in [1.807, 2.05) is 19.1 Å². The molecule has 3 aliphatic heterocycles. The summed E-state index contributed by atoms with van der Waals surface area (Å²) >= 11 is 1.23. The van der Waals surface area contributed by atoms with Gasteiger partial charge in [-0.2, -0.15) is 11.8 Å². The van der Waals surface area contributed by atoms with E-state index in [0.29, 0.717) is 62.7 Å². The fourth-order valence-corrected chi connectivity index (χ4v) is 14.2. The number of thioether (sulfide) groups is 1. The summed E-state index contributed by atoms with van der Waals surface area (Å²) in [7, 11) is 4.40. The number of carbonyl (C=O) groups excluding carboxylic acids is 11. The van der Waals surface area contributed by atoms with Crippen molar-refractivity contribution in [3.63, 3.8) is 0 Å². The Bertz CT molecular complexity index is 2900. The number of nitrogens with one attached hydrogen (secondary N) is 4. The second-order valence-electron chi connectivity index (χ2n) is 26.2. The zero-order valence-electron chi connectivity index (χ0n) is 55.5. The van der Waals surface area contributed by atoms with E-state index in [1.165, 1.54) is 49.7 Å². The lowest BCUT2D eigenvalue weighted by Gasteiger charge is -2.42. The lowest BCUT2D eigenvalue weighted by molar-refractivity contribution is -0.262. The van der Waals surface area contributed by atoms with Gasteiger partial charge in [-0.05, 0) is 126 Å². The number of amides is 7. The number of piperidine rings is 1. The Morgan fingerprint density at radius 2 is 1.35 bits per heavy atom. The van der Waals surface area contributed by atoms with Crippen LogP contribution in [-0.4, -0.2) is 204 Å². The molecule has 3 saturated heterocycles. The molecule has 94 heavy (non-hydrogen) atoms. The van der Waals surface area contributed by atoms with Gasteiger partial charge in [0.2, 0.25) is 41.2 Å². The maximum absolute atomic E-state index is 14.6. The van der Waals surface area contributed by atoms with Crippen LogP contribution in [0.5, 0.6) is 0 Å². The molecular weight excluding hydrogens is 1230 g/mol. The second kappa shape index (κ2) is 36.8. The van der Waals surface area contributed by atoms with E-state index in [-0.39, 0.29) is 82.4 Å². The molecule has 2 aliphatic carbocycles. The largest absolute Gasteiger partial charge is 0.462 e. The second-order valence-corrected chi connectivity index (χ2v) is 27.3. The first kappa shape index (κ1) is 74.4. The van der Waals surface area contributed by atoms with Gasteiger partial charge in [0.15, 0.2) is 0 Å². The third kappa shape index (κ3) is 22.1. The van der Waals surface area contributed by atoms with Gasteiger partial charge in [0.05, 0.1) is 43.8 Å². The topological polar surface area (TPSA) is 312 Å². The molecule has 5 aliphatic rings. The van der Waals surface area contributed by atoms with Crippen LogP contribution in [0.25, 0.3) is 0 Å². The van der Waals surface area contributed by atoms with E-state index in [1.54, 1.807) is 55.5 Å². The average Bonchev–Trinajstić information content (AvgIpc) is 0.791. The van der Waals surface area contributed by atoms with Crippen LogP contribution in [0.15, 0.2) is 60.7 Å². The number of cyclic esters (lactones) is 1. The number of benzene rings is 2. The van der Waals surface area contributed by atoms with Crippen molar-refractivity contribution in [2.45, 2.75) is 216 Å². The summed E-state index contributed by atoms with van der Waals surface area (Å²) in [4.78, 5) is 157. The van der Waals surface area contributed by atoms with Gasteiger partial charge < -0.3 is 64.8 Å². The van der Waals surface area contributed by atoms with Crippen LogP contribution in [0.2, 0.25) is 0 Å². The quantitative estimate of drug-likeness (QED) is 0.0787. The van der Waals surface area contributed by atoms with E-state index in [4.69, 9.17) is 23.7 Å². The maximum Gasteiger partial charge on any atom is 0.329 e. The smallest absolute Gasteiger partial charge is 0.329 e. The molecule has 0 spiro atoms. The molecule has 24 nitrogen and oxygen atoms in total. The lowest BCUT2D eigenvalue weighted by Crippen LogP contribution is -2.60. The Labute approximate surface area is 556 Å². The highest BCUT2D eigenvalue weighted by atomic mass is 32.2. The first-order valence-corrected chi connectivity index (χ1v) is 34.9. The fourth-order valence-electron chi connectivity index (χ4n) is 13.3. The Morgan fingerprint density at radius 3 is 2.02 bits per heavy atom. The van der Waals surface area contributed by atoms with Crippen LogP contribution in [0.1, 0.15) is 154 Å². The first-order valence-electron chi connectivity index (χ1n) is 33.7. The van der Waals surface area contributed by atoms with Gasteiger partial charge in [-0.25, -0.2) is 4.79 Å². The summed E-state index contributed by atoms with van der Waals surface area (Å²) in [6.45, 7) is 4.37. The van der Waals surface area contributed by atoms with Gasteiger partial charge >= 0.3 is 17.9 Å². The number of fused-ring (bicyclic) bond motifs is 3. The molecule has 7 rings (SSSR count). The molecule has 0 radical (unpaired) electrons. The van der Waals surface area contributed by atoms with Crippen molar-refractivity contribution in [3.8, 4) is 0 Å². The molecule has 2 aromatic rings. The lowest BCUT2D eigenvalue weighted by atomic mass is 9.78. The standard InChI is InChI=1S/C69H99N7O17S/c1-44(37-49-27-29-55(57(40-49)89-6)91-62(81)31-30-61(80)90-50-23-15-7-8-16-24-50)56-41-58(77)70-33-34-71-59(78)42-74(4)66(85)52(38-47-19-11-9-12-20-47)73-64(83)54(39-48-21-13-10-14-22-48)75(5)65(84)46(3)72-60(79)43-94-36-32-51-28-26-45(2)69(88,93-51)63(82)67(86)76-35-18-17-25-53(76)68(87)92-56/h9-14,19-22,44-46,49-57,88H,7-8,15-18,23-43H2,1-6H3,(H,70,77)(H,71,78)(H,72,79)(H,73,83)/t44-,45-,46+,49+,51+,52+,53+,54+,55-,56+,57-,69-/m1/s1. The van der Waals surface area contributed by atoms with Crippen LogP contribution in [0.3, 0.4) is 0 Å². The molecule has 0 unspecified atom stereocenters. The minimum atomic E-state index is -2.54. The highest BCUT2D eigenvalue weighted by molar-refractivity contribution is 7.99. The van der Waals surface area contributed by atoms with E-state index in [0.717, 1.165) is 49.0 Å². The number of rotatable bonds is 13. The zero-order chi connectivity index (χ0) is 67.9. The van der Waals surface area contributed by atoms with Gasteiger partial charge in [0.1, 0.15) is 42.5 Å². The molecule has 12 atom stereocenters. The van der Waals surface area contributed by atoms with Crippen LogP contribution in [-0.2, 0) is 89.3 Å². The number of hydrogen-bond donors (Lipinski definition) is 5. The Kier molecular flexibility index (Phi) is 29.1. The Hall–Kier alpha value is -6.96. The summed E-state index contributed by atoms with van der Waals surface area (Å²) in [5, 5.41) is 23.2. The van der Waals surface area contributed by atoms with Gasteiger partial charge in [-0.3, -0.25) is 47.9 Å². The van der Waals surface area contributed by atoms with Gasteiger partial charge in [-0.15, -0.1) is 0 Å². The molecular formula is C69H99N7O17S. The third-order valence-electron chi connectivity index (χ3n) is 18.9. The summed E-state index contributed by atoms with van der Waals surface area (Å²) in [5.74, 6) is -11.2. The average molecular weight is 1330 g/mol. The molecule has 5 N–H and O–H groups in total. The highest BCUT2D eigenvalue weighted by Crippen LogP contribution is 2.38. The van der Waals surface area contributed by atoms with Crippen LogP contribution >= 0.6 is 11.8 Å². The molecule has 3 heterocycles. The number of aliphatic hydroxyl groups is 1. The molecule has 25 heteroatoms. The van der Waals surface area contributed by atoms with E-state index in [9.17, 15) is 57.8 Å². The fraction of sp³-hybridized carbons (Fsp3) is 0.667. The van der Waals surface area contributed by atoms with E-state index < -0.39 is 138 Å². The zero-order valence-corrected chi connectivity index (χ0v) is 56.3.